The highest BCUT2D eigenvalue weighted by Crippen LogP contribution is 2.41. The number of phenols is 1. The van der Waals surface area contributed by atoms with Gasteiger partial charge in [0.05, 0.1) is 6.54 Å². The van der Waals surface area contributed by atoms with Crippen LogP contribution in [0.15, 0.2) is 84.9 Å². The molecule has 3 aromatic rings. The molecule has 0 saturated carbocycles. The van der Waals surface area contributed by atoms with E-state index in [1.807, 2.05) is 48.5 Å². The van der Waals surface area contributed by atoms with Gasteiger partial charge in [0.2, 0.25) is 0 Å². The summed E-state index contributed by atoms with van der Waals surface area (Å²) in [5, 5.41) is 9.19. The average Bonchev–Trinajstić information content (AvgIpc) is 3.28. The summed E-state index contributed by atoms with van der Waals surface area (Å²) < 4.78 is 0. The topological polar surface area (TPSA) is 43.8 Å². The van der Waals surface area contributed by atoms with Crippen LogP contribution in [0.4, 0.5) is 5.69 Å². The maximum absolute atomic E-state index is 10.7. The number of hydrogen-bond acceptors (Lipinski definition) is 4. The van der Waals surface area contributed by atoms with Crippen LogP contribution in [0, 0.1) is 5.41 Å². The first-order valence-corrected chi connectivity index (χ1v) is 13.9. The number of anilines is 1. The van der Waals surface area contributed by atoms with Crippen molar-refractivity contribution in [2.24, 2.45) is 5.41 Å². The van der Waals surface area contributed by atoms with Crippen LogP contribution in [0.25, 0.3) is 0 Å². The number of carbonyl (C=O) groups excluding carboxylic acids is 1. The molecule has 0 amide bonds. The fourth-order valence-electron chi connectivity index (χ4n) is 5.90. The van der Waals surface area contributed by atoms with E-state index in [1.165, 1.54) is 74.8 Å². The van der Waals surface area contributed by atoms with Crippen molar-refractivity contribution in [3.05, 3.63) is 96.1 Å². The Kier molecular flexibility index (Phi) is 10.2. The van der Waals surface area contributed by atoms with Gasteiger partial charge in [-0.1, -0.05) is 60.7 Å². The molecular weight excluding hydrogens is 456 g/mol. The van der Waals surface area contributed by atoms with Crippen molar-refractivity contribution in [1.82, 2.24) is 4.90 Å². The zero-order valence-electron chi connectivity index (χ0n) is 22.1. The molecule has 2 fully saturated rings. The number of aldehydes is 1. The molecule has 1 N–H and O–H groups in total. The normalized spacial score (nSPS) is 21.0. The molecule has 0 aromatic heterocycles. The van der Waals surface area contributed by atoms with Gasteiger partial charge in [0.15, 0.2) is 0 Å². The summed E-state index contributed by atoms with van der Waals surface area (Å²) in [7, 11) is 0. The number of phenolic OH excluding ortho intramolecular Hbond substituents is 1. The second kappa shape index (κ2) is 14.0. The van der Waals surface area contributed by atoms with Crippen LogP contribution in [0.5, 0.6) is 5.75 Å². The molecule has 1 unspecified atom stereocenters. The molecule has 37 heavy (non-hydrogen) atoms. The van der Waals surface area contributed by atoms with Crippen LogP contribution < -0.4 is 4.90 Å². The van der Waals surface area contributed by atoms with Gasteiger partial charge in [-0.25, -0.2) is 0 Å². The second-order valence-electron chi connectivity index (χ2n) is 10.6. The summed E-state index contributed by atoms with van der Waals surface area (Å²) in [6.07, 6.45) is 11.0. The Labute approximate surface area is 222 Å². The number of para-hydroxylation sites is 1. The van der Waals surface area contributed by atoms with Crippen LogP contribution in [-0.2, 0) is 17.6 Å². The molecule has 2 saturated heterocycles. The van der Waals surface area contributed by atoms with E-state index in [1.54, 1.807) is 6.07 Å². The second-order valence-corrected chi connectivity index (χ2v) is 10.6. The van der Waals surface area contributed by atoms with E-state index in [4.69, 9.17) is 0 Å². The zero-order valence-corrected chi connectivity index (χ0v) is 22.1. The monoisotopic (exact) mass is 498 g/mol. The summed E-state index contributed by atoms with van der Waals surface area (Å²) in [6, 6.07) is 28.5. The van der Waals surface area contributed by atoms with Crippen LogP contribution in [0.2, 0.25) is 0 Å². The van der Waals surface area contributed by atoms with E-state index in [9.17, 15) is 9.90 Å². The first-order chi connectivity index (χ1) is 18.2. The molecule has 0 bridgehead atoms. The molecule has 1 aliphatic carbocycles. The number of hydrogen-bond donors (Lipinski definition) is 1. The van der Waals surface area contributed by atoms with Crippen LogP contribution >= 0.6 is 0 Å². The van der Waals surface area contributed by atoms with Gasteiger partial charge in [0.1, 0.15) is 12.0 Å². The molecule has 1 atom stereocenters. The Morgan fingerprint density at radius 3 is 2.08 bits per heavy atom. The molecular formula is C33H42N2O2. The highest BCUT2D eigenvalue weighted by atomic mass is 16.3. The largest absolute Gasteiger partial charge is 0.508 e. The van der Waals surface area contributed by atoms with Gasteiger partial charge in [0.25, 0.3) is 0 Å². The summed E-state index contributed by atoms with van der Waals surface area (Å²) in [5.41, 5.74) is 4.61. The number of rotatable bonds is 3. The highest BCUT2D eigenvalue weighted by Gasteiger charge is 2.39. The number of aryl methyl sites for hydroxylation is 2. The molecule has 3 aliphatic rings. The average molecular weight is 499 g/mol. The first kappa shape index (κ1) is 26.9. The minimum atomic E-state index is 0.408. The molecule has 0 radical (unpaired) electrons. The van der Waals surface area contributed by atoms with E-state index in [0.29, 0.717) is 17.7 Å². The Morgan fingerprint density at radius 2 is 1.38 bits per heavy atom. The number of nitrogens with zero attached hydrogens (tertiary/aromatic N) is 2. The number of benzene rings is 3. The molecule has 6 rings (SSSR count). The van der Waals surface area contributed by atoms with Gasteiger partial charge < -0.3 is 14.8 Å². The molecule has 1 spiro atoms. The van der Waals surface area contributed by atoms with E-state index < -0.39 is 0 Å². The molecule has 4 heteroatoms. The van der Waals surface area contributed by atoms with Crippen molar-refractivity contribution in [1.29, 1.82) is 0 Å². The number of likely N-dealkylation sites (tertiary alicyclic amines) is 1. The third-order valence-electron chi connectivity index (χ3n) is 8.03. The quantitative estimate of drug-likeness (QED) is 0.417. The maximum Gasteiger partial charge on any atom is 0.133 e. The van der Waals surface area contributed by atoms with Gasteiger partial charge in [-0.15, -0.1) is 0 Å². The van der Waals surface area contributed by atoms with E-state index in [0.717, 1.165) is 25.8 Å². The lowest BCUT2D eigenvalue weighted by molar-refractivity contribution is -0.108. The number of fused-ring (bicyclic) bond motifs is 1. The van der Waals surface area contributed by atoms with Gasteiger partial charge in [-0.2, -0.15) is 0 Å². The number of aromatic hydroxyl groups is 1. The smallest absolute Gasteiger partial charge is 0.133 e. The first-order valence-electron chi connectivity index (χ1n) is 13.9. The van der Waals surface area contributed by atoms with Crippen molar-refractivity contribution in [3.8, 4) is 5.75 Å². The standard InChI is InChI=1S/C17H24N2O.C10H12O.C6H6/c20-14-13-18-10-4-7-17(8-11-18)9-12-19(15-17)16-5-2-1-3-6-16;11-10-6-5-8-3-1-2-4-9(8)7-10;1-2-4-6-5-3-1/h1-3,5-6,14H,4,7-13,15H2;5-7,11H,1-4H2;1-6H. The number of carbonyl (C=O) groups is 1. The van der Waals surface area contributed by atoms with Gasteiger partial charge in [0, 0.05) is 18.8 Å². The van der Waals surface area contributed by atoms with Gasteiger partial charge in [-0.05, 0) is 105 Å². The van der Waals surface area contributed by atoms with E-state index >= 15 is 0 Å². The Hall–Kier alpha value is -3.11. The fraction of sp³-hybridized carbons (Fsp3) is 0.424. The Bertz CT molecular complexity index is 1050. The molecule has 196 valence electrons. The maximum atomic E-state index is 10.7. The Balaban J connectivity index is 0.000000156. The van der Waals surface area contributed by atoms with Gasteiger partial charge >= 0.3 is 0 Å². The van der Waals surface area contributed by atoms with Crippen LogP contribution in [-0.4, -0.2) is 49.0 Å². The lowest BCUT2D eigenvalue weighted by atomic mass is 9.80. The van der Waals surface area contributed by atoms with Crippen LogP contribution in [0.3, 0.4) is 0 Å². The third-order valence-corrected chi connectivity index (χ3v) is 8.03. The van der Waals surface area contributed by atoms with E-state index in [2.05, 4.69) is 40.1 Å². The summed E-state index contributed by atoms with van der Waals surface area (Å²) in [5.74, 6) is 0.408. The minimum absolute atomic E-state index is 0.408. The highest BCUT2D eigenvalue weighted by molar-refractivity contribution is 5.52. The fourth-order valence-corrected chi connectivity index (χ4v) is 5.90. The minimum Gasteiger partial charge on any atom is -0.508 e. The SMILES string of the molecule is O=CCN1CCCC2(CC1)CCN(c1ccccc1)C2.Oc1ccc2c(c1)CCCC2.c1ccccc1. The lowest BCUT2D eigenvalue weighted by Crippen LogP contribution is -2.30. The molecule has 2 heterocycles. The van der Waals surface area contributed by atoms with Crippen LogP contribution in [0.1, 0.15) is 49.7 Å². The third kappa shape index (κ3) is 8.19. The van der Waals surface area contributed by atoms with Crippen molar-refractivity contribution in [2.45, 2.75) is 51.4 Å². The Morgan fingerprint density at radius 1 is 0.730 bits per heavy atom. The van der Waals surface area contributed by atoms with Crippen molar-refractivity contribution < 1.29 is 9.90 Å². The predicted octanol–water partition coefficient (Wildman–Crippen LogP) is 6.53. The summed E-state index contributed by atoms with van der Waals surface area (Å²) in [4.78, 5) is 15.5. The molecule has 2 aliphatic heterocycles. The van der Waals surface area contributed by atoms with Crippen molar-refractivity contribution in [3.63, 3.8) is 0 Å². The van der Waals surface area contributed by atoms with E-state index in [-0.39, 0.29) is 0 Å². The summed E-state index contributed by atoms with van der Waals surface area (Å²) in [6.45, 7) is 5.15. The molecule has 3 aromatic carbocycles. The molecule has 4 nitrogen and oxygen atoms in total. The predicted molar refractivity (Wildman–Crippen MR) is 153 cm³/mol. The van der Waals surface area contributed by atoms with Gasteiger partial charge in [-0.3, -0.25) is 4.90 Å². The summed E-state index contributed by atoms with van der Waals surface area (Å²) >= 11 is 0. The lowest BCUT2D eigenvalue weighted by Gasteiger charge is -2.28. The zero-order chi connectivity index (χ0) is 25.8. The van der Waals surface area contributed by atoms with Crippen molar-refractivity contribution >= 4 is 12.0 Å². The van der Waals surface area contributed by atoms with Crippen molar-refractivity contribution in [2.75, 3.05) is 37.6 Å².